The molecule has 0 radical (unpaired) electrons. The third kappa shape index (κ3) is 4.35. The number of hydrogen-bond acceptors (Lipinski definition) is 1. The second-order valence-corrected chi connectivity index (χ2v) is 14.7. The van der Waals surface area contributed by atoms with Gasteiger partial charge < -0.3 is 4.57 Å². The van der Waals surface area contributed by atoms with Gasteiger partial charge in [0.15, 0.2) is 0 Å². The molecule has 242 valence electrons. The van der Waals surface area contributed by atoms with Crippen LogP contribution in [0.1, 0.15) is 0 Å². The highest BCUT2D eigenvalue weighted by Gasteiger charge is 2.18. The van der Waals surface area contributed by atoms with E-state index >= 15 is 0 Å². The topological polar surface area (TPSA) is 4.93 Å². The molecule has 0 amide bonds. The van der Waals surface area contributed by atoms with Gasteiger partial charge in [-0.1, -0.05) is 152 Å². The minimum Gasteiger partial charge on any atom is -0.309 e. The first-order valence-corrected chi connectivity index (χ1v) is 18.7. The summed E-state index contributed by atoms with van der Waals surface area (Å²) in [5.74, 6) is 0. The predicted octanol–water partition coefficient (Wildman–Crippen LogP) is 14.5. The third-order valence-corrected chi connectivity index (χ3v) is 12.0. The van der Waals surface area contributed by atoms with Crippen LogP contribution in [0.25, 0.3) is 103 Å². The molecule has 0 aliphatic heterocycles. The maximum atomic E-state index is 2.42. The summed E-state index contributed by atoms with van der Waals surface area (Å²) in [6.07, 6.45) is 0. The van der Waals surface area contributed by atoms with E-state index in [1.165, 1.54) is 96.9 Å². The van der Waals surface area contributed by atoms with Gasteiger partial charge in [-0.15, -0.1) is 11.3 Å². The minimum absolute atomic E-state index is 1.16. The number of para-hydroxylation sites is 1. The first-order valence-electron chi connectivity index (χ1n) is 17.9. The van der Waals surface area contributed by atoms with Gasteiger partial charge in [0.05, 0.1) is 11.0 Å². The van der Waals surface area contributed by atoms with Gasteiger partial charge in [-0.3, -0.25) is 0 Å². The first kappa shape index (κ1) is 29.3. The molecule has 11 rings (SSSR count). The van der Waals surface area contributed by atoms with Crippen LogP contribution in [0.5, 0.6) is 0 Å². The minimum atomic E-state index is 1.16. The number of thiophene rings is 1. The van der Waals surface area contributed by atoms with E-state index in [2.05, 4.69) is 193 Å². The van der Waals surface area contributed by atoms with Crippen LogP contribution in [0.3, 0.4) is 0 Å². The Kier molecular flexibility index (Phi) is 6.49. The van der Waals surface area contributed by atoms with Gasteiger partial charge >= 0.3 is 0 Å². The molecule has 2 heteroatoms. The first-order chi connectivity index (χ1) is 25.8. The number of aromatic nitrogens is 1. The standard InChI is InChI=1S/C50H31NS/c1-2-13-32(14-3-1)48-39-17-4-6-19-41(39)49(42-20-7-5-18-40(42)48)33-25-28-35(29-26-33)51-45-23-10-8-15-37(45)44-31-34(27-30-46(44)51)36-21-12-22-43-38-16-9-11-24-47(38)52-50(36)43/h1-31H. The Morgan fingerprint density at radius 1 is 0.327 bits per heavy atom. The van der Waals surface area contributed by atoms with E-state index < -0.39 is 0 Å². The number of nitrogens with zero attached hydrogens (tertiary/aromatic N) is 1. The van der Waals surface area contributed by atoms with Gasteiger partial charge in [0.2, 0.25) is 0 Å². The molecule has 9 aromatic carbocycles. The van der Waals surface area contributed by atoms with Crippen molar-refractivity contribution in [2.45, 2.75) is 0 Å². The quantitative estimate of drug-likeness (QED) is 0.163. The average Bonchev–Trinajstić information content (AvgIpc) is 3.76. The van der Waals surface area contributed by atoms with Crippen LogP contribution in [0, 0.1) is 0 Å². The zero-order valence-electron chi connectivity index (χ0n) is 28.3. The summed E-state index contributed by atoms with van der Waals surface area (Å²) >= 11 is 1.89. The zero-order valence-corrected chi connectivity index (χ0v) is 29.1. The molecule has 52 heavy (non-hydrogen) atoms. The van der Waals surface area contributed by atoms with Gasteiger partial charge in [0.1, 0.15) is 0 Å². The lowest BCUT2D eigenvalue weighted by molar-refractivity contribution is 1.18. The average molecular weight is 678 g/mol. The molecule has 0 atom stereocenters. The SMILES string of the molecule is c1ccc(-c2c3ccccc3c(-c3ccc(-n4c5ccccc5c5cc(-c6cccc7c6sc6ccccc67)ccc54)cc3)c3ccccc23)cc1. The van der Waals surface area contributed by atoms with Crippen LogP contribution >= 0.6 is 11.3 Å². The molecular formula is C50H31NS. The molecule has 0 saturated carbocycles. The Morgan fingerprint density at radius 3 is 1.54 bits per heavy atom. The summed E-state index contributed by atoms with van der Waals surface area (Å²) in [5.41, 5.74) is 11.2. The Bertz CT molecular complexity index is 3110. The summed E-state index contributed by atoms with van der Waals surface area (Å²) in [5, 5.41) is 10.3. The second kappa shape index (κ2) is 11.5. The van der Waals surface area contributed by atoms with E-state index in [4.69, 9.17) is 0 Å². The molecule has 0 aliphatic carbocycles. The molecule has 0 aliphatic rings. The van der Waals surface area contributed by atoms with Crippen LogP contribution in [0.2, 0.25) is 0 Å². The van der Waals surface area contributed by atoms with E-state index in [1.807, 2.05) is 11.3 Å². The molecule has 1 nitrogen and oxygen atoms in total. The molecular weight excluding hydrogens is 647 g/mol. The summed E-state index contributed by atoms with van der Waals surface area (Å²) in [6, 6.07) is 69.1. The van der Waals surface area contributed by atoms with E-state index in [9.17, 15) is 0 Å². The Labute approximate surface area is 305 Å². The van der Waals surface area contributed by atoms with Crippen molar-refractivity contribution in [2.75, 3.05) is 0 Å². The predicted molar refractivity (Wildman–Crippen MR) is 225 cm³/mol. The third-order valence-electron chi connectivity index (χ3n) is 10.8. The van der Waals surface area contributed by atoms with Crippen molar-refractivity contribution in [3.8, 4) is 39.1 Å². The monoisotopic (exact) mass is 677 g/mol. The second-order valence-electron chi connectivity index (χ2n) is 13.6. The fourth-order valence-corrected chi connectivity index (χ4v) is 9.76. The van der Waals surface area contributed by atoms with Gasteiger partial charge in [-0.2, -0.15) is 0 Å². The number of rotatable bonds is 4. The van der Waals surface area contributed by atoms with Gasteiger partial charge in [-0.25, -0.2) is 0 Å². The van der Waals surface area contributed by atoms with Crippen LogP contribution in [-0.2, 0) is 0 Å². The van der Waals surface area contributed by atoms with Crippen LogP contribution in [0.15, 0.2) is 188 Å². The van der Waals surface area contributed by atoms with Gasteiger partial charge in [0.25, 0.3) is 0 Å². The number of hydrogen-bond donors (Lipinski definition) is 0. The Hall–Kier alpha value is -6.48. The van der Waals surface area contributed by atoms with E-state index in [0.717, 1.165) is 5.69 Å². The van der Waals surface area contributed by atoms with E-state index in [1.54, 1.807) is 0 Å². The number of fused-ring (bicyclic) bond motifs is 8. The van der Waals surface area contributed by atoms with Crippen molar-refractivity contribution in [3.63, 3.8) is 0 Å². The normalized spacial score (nSPS) is 11.8. The zero-order chi connectivity index (χ0) is 34.2. The van der Waals surface area contributed by atoms with Gasteiger partial charge in [-0.05, 0) is 91.3 Å². The summed E-state index contributed by atoms with van der Waals surface area (Å²) in [6.45, 7) is 0. The maximum absolute atomic E-state index is 2.42. The van der Waals surface area contributed by atoms with Crippen molar-refractivity contribution in [1.82, 2.24) is 4.57 Å². The highest BCUT2D eigenvalue weighted by atomic mass is 32.1. The molecule has 0 unspecified atom stereocenters. The highest BCUT2D eigenvalue weighted by molar-refractivity contribution is 7.26. The molecule has 0 bridgehead atoms. The highest BCUT2D eigenvalue weighted by Crippen LogP contribution is 2.45. The Morgan fingerprint density at radius 2 is 0.846 bits per heavy atom. The van der Waals surface area contributed by atoms with Crippen molar-refractivity contribution < 1.29 is 0 Å². The maximum Gasteiger partial charge on any atom is 0.0541 e. The molecule has 0 N–H and O–H groups in total. The molecule has 11 aromatic rings. The van der Waals surface area contributed by atoms with Crippen LogP contribution in [0.4, 0.5) is 0 Å². The fourth-order valence-electron chi connectivity index (χ4n) is 8.53. The molecule has 0 spiro atoms. The largest absolute Gasteiger partial charge is 0.309 e. The number of benzene rings is 9. The molecule has 2 aromatic heterocycles. The van der Waals surface area contributed by atoms with Crippen molar-refractivity contribution in [1.29, 1.82) is 0 Å². The van der Waals surface area contributed by atoms with Crippen LogP contribution < -0.4 is 0 Å². The van der Waals surface area contributed by atoms with Crippen LogP contribution in [-0.4, -0.2) is 4.57 Å². The van der Waals surface area contributed by atoms with E-state index in [0.29, 0.717) is 0 Å². The lowest BCUT2D eigenvalue weighted by Gasteiger charge is -2.18. The lowest BCUT2D eigenvalue weighted by atomic mass is 9.86. The fraction of sp³-hybridized carbons (Fsp3) is 0. The van der Waals surface area contributed by atoms with Crippen molar-refractivity contribution in [2.24, 2.45) is 0 Å². The Balaban J connectivity index is 1.08. The molecule has 0 fully saturated rings. The molecule has 0 saturated heterocycles. The van der Waals surface area contributed by atoms with E-state index in [-0.39, 0.29) is 0 Å². The van der Waals surface area contributed by atoms with Crippen molar-refractivity contribution in [3.05, 3.63) is 188 Å². The summed E-state index contributed by atoms with van der Waals surface area (Å²) in [7, 11) is 0. The summed E-state index contributed by atoms with van der Waals surface area (Å²) < 4.78 is 5.10. The van der Waals surface area contributed by atoms with Gasteiger partial charge in [0, 0.05) is 36.6 Å². The smallest absolute Gasteiger partial charge is 0.0541 e. The lowest BCUT2D eigenvalue weighted by Crippen LogP contribution is -1.94. The summed E-state index contributed by atoms with van der Waals surface area (Å²) in [4.78, 5) is 0. The van der Waals surface area contributed by atoms with Crippen molar-refractivity contribution >= 4 is 74.9 Å². The molecule has 2 heterocycles.